The summed E-state index contributed by atoms with van der Waals surface area (Å²) in [4.78, 5) is 18.8. The van der Waals surface area contributed by atoms with E-state index in [9.17, 15) is 4.79 Å². The summed E-state index contributed by atoms with van der Waals surface area (Å²) < 4.78 is 0. The highest BCUT2D eigenvalue weighted by atomic mass is 32.1. The molecule has 27 heavy (non-hydrogen) atoms. The molecule has 140 valence electrons. The molecule has 0 unspecified atom stereocenters. The molecule has 3 heterocycles. The van der Waals surface area contributed by atoms with Gasteiger partial charge in [0.1, 0.15) is 10.8 Å². The van der Waals surface area contributed by atoms with Gasteiger partial charge in [-0.2, -0.15) is 0 Å². The summed E-state index contributed by atoms with van der Waals surface area (Å²) in [7, 11) is 3.90. The zero-order valence-electron chi connectivity index (χ0n) is 15.4. The topological polar surface area (TPSA) is 83.0 Å². The minimum Gasteiger partial charge on any atom is -0.353 e. The first kappa shape index (κ1) is 17.8. The molecule has 0 atom stereocenters. The van der Waals surface area contributed by atoms with Gasteiger partial charge in [-0.3, -0.25) is 4.79 Å². The highest BCUT2D eigenvalue weighted by Crippen LogP contribution is 2.30. The van der Waals surface area contributed by atoms with E-state index in [0.29, 0.717) is 5.82 Å². The van der Waals surface area contributed by atoms with Crippen LogP contribution >= 0.6 is 11.3 Å². The number of benzene rings is 1. The van der Waals surface area contributed by atoms with Crippen LogP contribution in [0, 0.1) is 5.92 Å². The number of hydrogen-bond acceptors (Lipinski definition) is 7. The minimum absolute atomic E-state index is 0.0549. The lowest BCUT2D eigenvalue weighted by Gasteiger charge is -2.21. The number of amides is 1. The molecule has 2 N–H and O–H groups in total. The summed E-state index contributed by atoms with van der Waals surface area (Å²) >= 11 is 1.55. The third-order valence-electron chi connectivity index (χ3n) is 4.73. The van der Waals surface area contributed by atoms with E-state index in [2.05, 4.69) is 31.9 Å². The minimum atomic E-state index is 0.0549. The molecule has 1 amide bonds. The smallest absolute Gasteiger partial charge is 0.228 e. The number of carbonyl (C=O) groups excluding carboxylic acids is 1. The molecule has 8 heteroatoms. The van der Waals surface area contributed by atoms with Gasteiger partial charge in [0.25, 0.3) is 0 Å². The van der Waals surface area contributed by atoms with Gasteiger partial charge in [-0.1, -0.05) is 23.5 Å². The van der Waals surface area contributed by atoms with Gasteiger partial charge in [-0.05, 0) is 43.5 Å². The highest BCUT2D eigenvalue weighted by molar-refractivity contribution is 7.18. The first-order valence-corrected chi connectivity index (χ1v) is 9.84. The molecule has 4 rings (SSSR count). The fraction of sp³-hybridized carbons (Fsp3) is 0.368. The number of pyridine rings is 1. The second-order valence-corrected chi connectivity index (χ2v) is 7.89. The molecule has 0 bridgehead atoms. The number of rotatable bonds is 4. The van der Waals surface area contributed by atoms with E-state index in [-0.39, 0.29) is 11.8 Å². The van der Waals surface area contributed by atoms with Crippen LogP contribution < -0.4 is 15.5 Å². The molecule has 7 nitrogen and oxygen atoms in total. The Kier molecular flexibility index (Phi) is 5.00. The molecule has 0 radical (unpaired) electrons. The normalized spacial score (nSPS) is 15.0. The molecule has 3 aromatic rings. The van der Waals surface area contributed by atoms with Crippen molar-refractivity contribution in [1.29, 1.82) is 0 Å². The molecule has 2 aromatic heterocycles. The van der Waals surface area contributed by atoms with Crippen LogP contribution in [0.15, 0.2) is 30.5 Å². The van der Waals surface area contributed by atoms with Gasteiger partial charge in [0.15, 0.2) is 0 Å². The van der Waals surface area contributed by atoms with Crippen LogP contribution in [0.3, 0.4) is 0 Å². The van der Waals surface area contributed by atoms with Crippen molar-refractivity contribution in [1.82, 2.24) is 20.5 Å². The Morgan fingerprint density at radius 3 is 2.74 bits per heavy atom. The molecular weight excluding hydrogens is 360 g/mol. The molecule has 1 aliphatic rings. The number of aromatic nitrogens is 3. The number of anilines is 2. The number of hydrogen-bond donors (Lipinski definition) is 2. The summed E-state index contributed by atoms with van der Waals surface area (Å²) in [6, 6.07) is 8.03. The van der Waals surface area contributed by atoms with Crippen LogP contribution in [0.1, 0.15) is 12.8 Å². The van der Waals surface area contributed by atoms with E-state index in [4.69, 9.17) is 0 Å². The zero-order chi connectivity index (χ0) is 18.8. The molecule has 0 spiro atoms. The van der Waals surface area contributed by atoms with Crippen molar-refractivity contribution < 1.29 is 4.79 Å². The van der Waals surface area contributed by atoms with Gasteiger partial charge in [0.2, 0.25) is 11.0 Å². The standard InChI is InChI=1S/C19H22N6OS/c1-25(2)19-24-23-18(27-19)13-3-4-14-11-21-16(10-15(14)9-13)22-17(26)12-5-7-20-8-6-12/h3-4,9-12,20H,5-8H2,1-2H3,(H,21,22,26). The average Bonchev–Trinajstić information content (AvgIpc) is 3.19. The molecule has 1 saturated heterocycles. The number of fused-ring (bicyclic) bond motifs is 1. The zero-order valence-corrected chi connectivity index (χ0v) is 16.2. The predicted molar refractivity (Wildman–Crippen MR) is 109 cm³/mol. The quantitative estimate of drug-likeness (QED) is 0.722. The average molecular weight is 382 g/mol. The number of carbonyl (C=O) groups is 1. The third kappa shape index (κ3) is 3.91. The maximum atomic E-state index is 12.5. The van der Waals surface area contributed by atoms with Crippen molar-refractivity contribution in [3.05, 3.63) is 30.5 Å². The van der Waals surface area contributed by atoms with E-state index >= 15 is 0 Å². The molecule has 1 fully saturated rings. The van der Waals surface area contributed by atoms with Crippen molar-refractivity contribution >= 4 is 39.0 Å². The molecule has 1 aromatic carbocycles. The van der Waals surface area contributed by atoms with Crippen molar-refractivity contribution in [2.75, 3.05) is 37.4 Å². The predicted octanol–water partition coefficient (Wildman–Crippen LogP) is 2.76. The van der Waals surface area contributed by atoms with Crippen LogP contribution in [0.4, 0.5) is 10.9 Å². The van der Waals surface area contributed by atoms with Crippen molar-refractivity contribution in [3.63, 3.8) is 0 Å². The van der Waals surface area contributed by atoms with Gasteiger partial charge in [-0.25, -0.2) is 4.98 Å². The van der Waals surface area contributed by atoms with Gasteiger partial charge in [-0.15, -0.1) is 10.2 Å². The Morgan fingerprint density at radius 2 is 2.00 bits per heavy atom. The van der Waals surface area contributed by atoms with Crippen molar-refractivity contribution in [2.24, 2.45) is 5.92 Å². The van der Waals surface area contributed by atoms with Crippen LogP contribution in [-0.2, 0) is 4.79 Å². The summed E-state index contributed by atoms with van der Waals surface area (Å²) in [5.41, 5.74) is 1.01. The second-order valence-electron chi connectivity index (χ2n) is 6.93. The van der Waals surface area contributed by atoms with Crippen molar-refractivity contribution in [2.45, 2.75) is 12.8 Å². The lowest BCUT2D eigenvalue weighted by molar-refractivity contribution is -0.120. The third-order valence-corrected chi connectivity index (χ3v) is 5.87. The van der Waals surface area contributed by atoms with E-state index in [1.807, 2.05) is 37.2 Å². The maximum absolute atomic E-state index is 12.5. The van der Waals surface area contributed by atoms with Crippen LogP contribution in [0.5, 0.6) is 0 Å². The summed E-state index contributed by atoms with van der Waals surface area (Å²) in [6.45, 7) is 1.78. The van der Waals surface area contributed by atoms with Crippen molar-refractivity contribution in [3.8, 4) is 10.6 Å². The van der Waals surface area contributed by atoms with Gasteiger partial charge < -0.3 is 15.5 Å². The van der Waals surface area contributed by atoms with E-state index < -0.39 is 0 Å². The highest BCUT2D eigenvalue weighted by Gasteiger charge is 2.21. The van der Waals surface area contributed by atoms with E-state index in [0.717, 1.165) is 52.4 Å². The number of nitrogens with zero attached hydrogens (tertiary/aromatic N) is 4. The Bertz CT molecular complexity index is 964. The fourth-order valence-electron chi connectivity index (χ4n) is 3.17. The lowest BCUT2D eigenvalue weighted by Crippen LogP contribution is -2.34. The Balaban J connectivity index is 1.57. The number of piperidine rings is 1. The fourth-order valence-corrected chi connectivity index (χ4v) is 3.93. The lowest BCUT2D eigenvalue weighted by atomic mass is 9.97. The Morgan fingerprint density at radius 1 is 1.19 bits per heavy atom. The molecule has 1 aliphatic heterocycles. The second kappa shape index (κ2) is 7.58. The largest absolute Gasteiger partial charge is 0.353 e. The first-order valence-electron chi connectivity index (χ1n) is 9.03. The molecular formula is C19H22N6OS. The monoisotopic (exact) mass is 382 g/mol. The van der Waals surface area contributed by atoms with Crippen LogP contribution in [0.2, 0.25) is 0 Å². The van der Waals surface area contributed by atoms with Gasteiger partial charge in [0.05, 0.1) is 0 Å². The van der Waals surface area contributed by atoms with Gasteiger partial charge >= 0.3 is 0 Å². The Hall–Kier alpha value is -2.58. The van der Waals surface area contributed by atoms with Crippen LogP contribution in [-0.4, -0.2) is 48.3 Å². The van der Waals surface area contributed by atoms with E-state index in [1.54, 1.807) is 17.5 Å². The SMILES string of the molecule is CN(C)c1nnc(-c2ccc3cnc(NC(=O)C4CCNCC4)cc3c2)s1. The van der Waals surface area contributed by atoms with Gasteiger partial charge in [0, 0.05) is 37.2 Å². The van der Waals surface area contributed by atoms with E-state index in [1.165, 1.54) is 0 Å². The maximum Gasteiger partial charge on any atom is 0.228 e. The molecule has 0 saturated carbocycles. The summed E-state index contributed by atoms with van der Waals surface area (Å²) in [5.74, 6) is 0.703. The summed E-state index contributed by atoms with van der Waals surface area (Å²) in [5, 5.41) is 18.5. The molecule has 0 aliphatic carbocycles. The number of nitrogens with one attached hydrogen (secondary N) is 2. The Labute approximate surface area is 161 Å². The first-order chi connectivity index (χ1) is 13.1. The van der Waals surface area contributed by atoms with Crippen LogP contribution in [0.25, 0.3) is 21.3 Å². The summed E-state index contributed by atoms with van der Waals surface area (Å²) in [6.07, 6.45) is 3.53.